The molecule has 0 saturated carbocycles. The van der Waals surface area contributed by atoms with Crippen LogP contribution < -0.4 is 5.32 Å². The predicted octanol–water partition coefficient (Wildman–Crippen LogP) is 3.55. The molecule has 0 bridgehead atoms. The van der Waals surface area contributed by atoms with Crippen molar-refractivity contribution < 1.29 is 9.18 Å². The topological polar surface area (TPSA) is 63.1 Å². The van der Waals surface area contributed by atoms with Crippen molar-refractivity contribution in [2.45, 2.75) is 31.8 Å². The van der Waals surface area contributed by atoms with E-state index in [1.165, 1.54) is 6.07 Å². The number of nitrogens with one attached hydrogen (secondary N) is 1. The molecule has 29 heavy (non-hydrogen) atoms. The zero-order valence-corrected chi connectivity index (χ0v) is 16.2. The number of imidazole rings is 1. The van der Waals surface area contributed by atoms with Crippen molar-refractivity contribution in [1.82, 2.24) is 24.8 Å². The smallest absolute Gasteiger partial charge is 0.317 e. The average molecular weight is 393 g/mol. The molecule has 1 atom stereocenters. The number of carbonyl (C=O) groups excluding carboxylic acids is 1. The van der Waals surface area contributed by atoms with Gasteiger partial charge in [-0.1, -0.05) is 24.3 Å². The Labute approximate surface area is 169 Å². The van der Waals surface area contributed by atoms with Crippen LogP contribution in [0.5, 0.6) is 0 Å². The Kier molecular flexibility index (Phi) is 5.84. The van der Waals surface area contributed by atoms with Gasteiger partial charge in [0, 0.05) is 55.9 Å². The number of aromatic nitrogens is 3. The summed E-state index contributed by atoms with van der Waals surface area (Å²) in [4.78, 5) is 23.2. The predicted molar refractivity (Wildman–Crippen MR) is 108 cm³/mol. The third-order valence-corrected chi connectivity index (χ3v) is 5.29. The van der Waals surface area contributed by atoms with Crippen LogP contribution in [-0.4, -0.2) is 38.6 Å². The summed E-state index contributed by atoms with van der Waals surface area (Å²) in [5.74, 6) is 0.858. The molecule has 1 aromatic carbocycles. The highest BCUT2D eigenvalue weighted by atomic mass is 19.1. The van der Waals surface area contributed by atoms with E-state index in [1.54, 1.807) is 29.3 Å². The van der Waals surface area contributed by atoms with Gasteiger partial charge in [0.2, 0.25) is 0 Å². The van der Waals surface area contributed by atoms with Gasteiger partial charge in [0.15, 0.2) is 0 Å². The zero-order valence-electron chi connectivity index (χ0n) is 16.2. The monoisotopic (exact) mass is 393 g/mol. The number of amides is 2. The molecule has 3 heterocycles. The molecule has 2 aromatic heterocycles. The molecule has 7 heteroatoms. The van der Waals surface area contributed by atoms with E-state index in [0.29, 0.717) is 25.2 Å². The molecule has 0 spiro atoms. The number of likely N-dealkylation sites (tertiary alicyclic amines) is 1. The molecule has 3 aromatic rings. The third kappa shape index (κ3) is 4.62. The zero-order chi connectivity index (χ0) is 20.1. The molecule has 4 rings (SSSR count). The number of piperidine rings is 1. The number of rotatable bonds is 5. The lowest BCUT2D eigenvalue weighted by Crippen LogP contribution is -2.45. The molecule has 1 saturated heterocycles. The molecular weight excluding hydrogens is 369 g/mol. The number of halogens is 1. The van der Waals surface area contributed by atoms with Crippen molar-refractivity contribution >= 4 is 6.03 Å². The van der Waals surface area contributed by atoms with Crippen LogP contribution in [0.1, 0.15) is 35.7 Å². The fourth-order valence-electron chi connectivity index (χ4n) is 3.80. The lowest BCUT2D eigenvalue weighted by Gasteiger charge is -2.32. The Balaban J connectivity index is 1.39. The molecule has 0 aliphatic carbocycles. The molecule has 0 unspecified atom stereocenters. The summed E-state index contributed by atoms with van der Waals surface area (Å²) in [7, 11) is 0. The van der Waals surface area contributed by atoms with Gasteiger partial charge in [-0.15, -0.1) is 0 Å². The number of urea groups is 1. The maximum Gasteiger partial charge on any atom is 0.317 e. The summed E-state index contributed by atoms with van der Waals surface area (Å²) in [6.07, 6.45) is 9.30. The lowest BCUT2D eigenvalue weighted by molar-refractivity contribution is 0.177. The van der Waals surface area contributed by atoms with Crippen molar-refractivity contribution in [3.05, 3.63) is 84.0 Å². The van der Waals surface area contributed by atoms with Gasteiger partial charge < -0.3 is 14.8 Å². The van der Waals surface area contributed by atoms with Crippen LogP contribution in [0.15, 0.2) is 61.2 Å². The van der Waals surface area contributed by atoms with E-state index in [2.05, 4.69) is 19.9 Å². The number of hydrogen-bond donors (Lipinski definition) is 1. The van der Waals surface area contributed by atoms with Gasteiger partial charge in [-0.25, -0.2) is 14.2 Å². The minimum atomic E-state index is -0.304. The summed E-state index contributed by atoms with van der Waals surface area (Å²) in [6.45, 7) is 2.19. The Morgan fingerprint density at radius 1 is 1.21 bits per heavy atom. The number of hydrogen-bond acceptors (Lipinski definition) is 3. The van der Waals surface area contributed by atoms with E-state index in [4.69, 9.17) is 0 Å². The van der Waals surface area contributed by atoms with Gasteiger partial charge in [0.1, 0.15) is 11.6 Å². The third-order valence-electron chi connectivity index (χ3n) is 5.29. The second kappa shape index (κ2) is 8.86. The normalized spacial score (nSPS) is 16.6. The first kappa shape index (κ1) is 19.1. The van der Waals surface area contributed by atoms with Crippen LogP contribution >= 0.6 is 0 Å². The highest BCUT2D eigenvalue weighted by Gasteiger charge is 2.27. The first-order chi connectivity index (χ1) is 14.2. The van der Waals surface area contributed by atoms with Crippen molar-refractivity contribution in [2.24, 2.45) is 0 Å². The van der Waals surface area contributed by atoms with Crippen molar-refractivity contribution in [3.63, 3.8) is 0 Å². The first-order valence-corrected chi connectivity index (χ1v) is 9.87. The van der Waals surface area contributed by atoms with E-state index in [-0.39, 0.29) is 24.3 Å². The summed E-state index contributed by atoms with van der Waals surface area (Å²) in [6, 6.07) is 10.3. The number of carbonyl (C=O) groups is 1. The fraction of sp³-hybridized carbons (Fsp3) is 0.318. The maximum atomic E-state index is 13.8. The summed E-state index contributed by atoms with van der Waals surface area (Å²) in [5, 5.41) is 2.84. The summed E-state index contributed by atoms with van der Waals surface area (Å²) >= 11 is 0. The fourth-order valence-corrected chi connectivity index (χ4v) is 3.80. The molecule has 2 amide bonds. The molecular formula is C22H24FN5O. The molecule has 1 aliphatic heterocycles. The van der Waals surface area contributed by atoms with Crippen LogP contribution in [-0.2, 0) is 13.1 Å². The van der Waals surface area contributed by atoms with Crippen LogP contribution in [0.4, 0.5) is 9.18 Å². The van der Waals surface area contributed by atoms with E-state index in [0.717, 1.165) is 24.2 Å². The Morgan fingerprint density at radius 2 is 2.10 bits per heavy atom. The van der Waals surface area contributed by atoms with E-state index >= 15 is 0 Å². The molecule has 1 aliphatic rings. The van der Waals surface area contributed by atoms with Crippen LogP contribution in [0, 0.1) is 5.82 Å². The summed E-state index contributed by atoms with van der Waals surface area (Å²) in [5.41, 5.74) is 1.60. The van der Waals surface area contributed by atoms with E-state index in [9.17, 15) is 9.18 Å². The first-order valence-electron chi connectivity index (χ1n) is 9.87. The molecule has 1 fully saturated rings. The Hall–Kier alpha value is -3.22. The Morgan fingerprint density at radius 3 is 2.93 bits per heavy atom. The molecule has 0 radical (unpaired) electrons. The largest absolute Gasteiger partial charge is 0.334 e. The van der Waals surface area contributed by atoms with E-state index < -0.39 is 0 Å². The molecule has 6 nitrogen and oxygen atoms in total. The molecule has 1 N–H and O–H groups in total. The van der Waals surface area contributed by atoms with Crippen molar-refractivity contribution in [3.8, 4) is 0 Å². The second-order valence-corrected chi connectivity index (χ2v) is 7.31. The highest BCUT2D eigenvalue weighted by Crippen LogP contribution is 2.26. The number of pyridine rings is 1. The van der Waals surface area contributed by atoms with Crippen molar-refractivity contribution in [1.29, 1.82) is 0 Å². The van der Waals surface area contributed by atoms with Crippen LogP contribution in [0.2, 0.25) is 0 Å². The van der Waals surface area contributed by atoms with Gasteiger partial charge in [-0.05, 0) is 30.5 Å². The van der Waals surface area contributed by atoms with E-state index in [1.807, 2.05) is 30.7 Å². The Bertz CT molecular complexity index is 959. The maximum absolute atomic E-state index is 13.8. The SMILES string of the molecule is O=C(NCc1ccccc1F)N1CCC[C@@H](c2nccn2Cc2cccnc2)C1. The van der Waals surface area contributed by atoms with Gasteiger partial charge in [0.05, 0.1) is 6.54 Å². The average Bonchev–Trinajstić information content (AvgIpc) is 3.22. The minimum Gasteiger partial charge on any atom is -0.334 e. The quantitative estimate of drug-likeness (QED) is 0.721. The van der Waals surface area contributed by atoms with Gasteiger partial charge in [-0.3, -0.25) is 4.98 Å². The van der Waals surface area contributed by atoms with Gasteiger partial charge in [0.25, 0.3) is 0 Å². The summed E-state index contributed by atoms with van der Waals surface area (Å²) < 4.78 is 15.9. The van der Waals surface area contributed by atoms with Crippen LogP contribution in [0.3, 0.4) is 0 Å². The lowest BCUT2D eigenvalue weighted by atomic mass is 9.97. The molecule has 150 valence electrons. The highest BCUT2D eigenvalue weighted by molar-refractivity contribution is 5.74. The van der Waals surface area contributed by atoms with Gasteiger partial charge in [-0.2, -0.15) is 0 Å². The standard InChI is InChI=1S/C22H24FN5O/c23-20-8-2-1-6-18(20)14-26-22(29)28-11-4-7-19(16-28)21-25-10-12-27(21)15-17-5-3-9-24-13-17/h1-3,5-6,8-10,12-13,19H,4,7,11,14-16H2,(H,26,29)/t19-/m1/s1. The number of benzene rings is 1. The minimum absolute atomic E-state index is 0.164. The van der Waals surface area contributed by atoms with Crippen LogP contribution in [0.25, 0.3) is 0 Å². The van der Waals surface area contributed by atoms with Gasteiger partial charge >= 0.3 is 6.03 Å². The van der Waals surface area contributed by atoms with Crippen molar-refractivity contribution in [2.75, 3.05) is 13.1 Å². The number of nitrogens with zero attached hydrogens (tertiary/aromatic N) is 4. The second-order valence-electron chi connectivity index (χ2n) is 7.31.